The minimum absolute atomic E-state index is 0.499. The number of hydrogen-bond acceptors (Lipinski definition) is 6. The lowest BCUT2D eigenvalue weighted by Crippen LogP contribution is -2.26. The van der Waals surface area contributed by atoms with Crippen LogP contribution in [0.2, 0.25) is 5.02 Å². The van der Waals surface area contributed by atoms with Crippen LogP contribution in [0.1, 0.15) is 31.4 Å². The second-order valence-electron chi connectivity index (χ2n) is 6.41. The average Bonchev–Trinajstić information content (AvgIpc) is 2.91. The van der Waals surface area contributed by atoms with Crippen molar-refractivity contribution < 1.29 is 9.47 Å². The number of hydrogen-bond donors (Lipinski definition) is 1. The summed E-state index contributed by atoms with van der Waals surface area (Å²) in [5.74, 6) is 2.70. The van der Waals surface area contributed by atoms with E-state index in [1.54, 1.807) is 20.3 Å². The second-order valence-corrected chi connectivity index (χ2v) is 6.82. The molecule has 0 unspecified atom stereocenters. The molecule has 1 aromatic carbocycles. The zero-order chi connectivity index (χ0) is 18.5. The summed E-state index contributed by atoms with van der Waals surface area (Å²) in [6.07, 6.45) is 4.91. The number of ether oxygens (including phenoxy) is 2. The van der Waals surface area contributed by atoms with Gasteiger partial charge in [0.2, 0.25) is 5.95 Å². The first kappa shape index (κ1) is 18.6. The molecule has 3 rings (SSSR count). The number of nitrogens with one attached hydrogen (secondary N) is 1. The Morgan fingerprint density at radius 2 is 1.65 bits per heavy atom. The number of nitrogens with zero attached hydrogens (tertiary/aromatic N) is 3. The van der Waals surface area contributed by atoms with Crippen LogP contribution in [0.3, 0.4) is 0 Å². The van der Waals surface area contributed by atoms with E-state index >= 15 is 0 Å². The minimum Gasteiger partial charge on any atom is -0.495 e. The molecule has 140 valence electrons. The van der Waals surface area contributed by atoms with E-state index in [0.29, 0.717) is 16.5 Å². The Morgan fingerprint density at radius 1 is 0.962 bits per heavy atom. The molecule has 1 N–H and O–H groups in total. The van der Waals surface area contributed by atoms with E-state index in [-0.39, 0.29) is 0 Å². The van der Waals surface area contributed by atoms with Crippen LogP contribution in [0.15, 0.2) is 18.2 Å². The van der Waals surface area contributed by atoms with E-state index in [1.165, 1.54) is 25.7 Å². The van der Waals surface area contributed by atoms with Gasteiger partial charge in [-0.1, -0.05) is 24.4 Å². The summed E-state index contributed by atoms with van der Waals surface area (Å²) in [5, 5.41) is 3.82. The van der Waals surface area contributed by atoms with E-state index in [9.17, 15) is 0 Å². The summed E-state index contributed by atoms with van der Waals surface area (Å²) in [7, 11) is 3.20. The highest BCUT2D eigenvalue weighted by Crippen LogP contribution is 2.37. The normalized spacial score (nSPS) is 14.7. The van der Waals surface area contributed by atoms with Gasteiger partial charge in [0.05, 0.1) is 24.9 Å². The van der Waals surface area contributed by atoms with Gasteiger partial charge in [0.1, 0.15) is 17.3 Å². The molecule has 0 spiro atoms. The summed E-state index contributed by atoms with van der Waals surface area (Å²) < 4.78 is 10.7. The molecular formula is C19H25ClN4O2. The zero-order valence-corrected chi connectivity index (χ0v) is 16.3. The topological polar surface area (TPSA) is 59.5 Å². The minimum atomic E-state index is 0.499. The fourth-order valence-electron chi connectivity index (χ4n) is 3.13. The van der Waals surface area contributed by atoms with Crippen LogP contribution in [0.4, 0.5) is 17.5 Å². The third-order valence-electron chi connectivity index (χ3n) is 4.47. The quantitative estimate of drug-likeness (QED) is 0.824. The van der Waals surface area contributed by atoms with E-state index in [0.717, 1.165) is 36.2 Å². The molecule has 1 fully saturated rings. The van der Waals surface area contributed by atoms with Crippen molar-refractivity contribution in [2.45, 2.75) is 32.6 Å². The van der Waals surface area contributed by atoms with Crippen molar-refractivity contribution >= 4 is 29.1 Å². The van der Waals surface area contributed by atoms with Crippen molar-refractivity contribution in [3.8, 4) is 11.5 Å². The highest BCUT2D eigenvalue weighted by Gasteiger charge is 2.15. The highest BCUT2D eigenvalue weighted by molar-refractivity contribution is 6.32. The SMILES string of the molecule is COc1cc(Nc2cc(C)nc(N3CCCCCC3)n2)c(OC)cc1Cl. The lowest BCUT2D eigenvalue weighted by Gasteiger charge is -2.21. The van der Waals surface area contributed by atoms with E-state index < -0.39 is 0 Å². The van der Waals surface area contributed by atoms with Crippen LogP contribution in [-0.4, -0.2) is 37.3 Å². The summed E-state index contributed by atoms with van der Waals surface area (Å²) in [5.41, 5.74) is 1.66. The molecule has 0 amide bonds. The highest BCUT2D eigenvalue weighted by atomic mass is 35.5. The number of rotatable bonds is 5. The Balaban J connectivity index is 1.90. The maximum atomic E-state index is 6.19. The molecule has 7 heteroatoms. The number of halogens is 1. The van der Waals surface area contributed by atoms with E-state index in [2.05, 4.69) is 15.2 Å². The number of anilines is 3. The molecule has 1 aromatic heterocycles. The van der Waals surface area contributed by atoms with Crippen LogP contribution in [0.25, 0.3) is 0 Å². The third-order valence-corrected chi connectivity index (χ3v) is 4.76. The molecule has 0 radical (unpaired) electrons. The molecule has 1 aliphatic heterocycles. The molecule has 0 bridgehead atoms. The molecule has 1 saturated heterocycles. The van der Waals surface area contributed by atoms with Crippen molar-refractivity contribution in [1.82, 2.24) is 9.97 Å². The lowest BCUT2D eigenvalue weighted by molar-refractivity contribution is 0.405. The molecule has 2 heterocycles. The van der Waals surface area contributed by atoms with Crippen molar-refractivity contribution in [3.63, 3.8) is 0 Å². The zero-order valence-electron chi connectivity index (χ0n) is 15.5. The van der Waals surface area contributed by atoms with Crippen molar-refractivity contribution in [2.75, 3.05) is 37.5 Å². The maximum absolute atomic E-state index is 6.19. The van der Waals surface area contributed by atoms with Gasteiger partial charge in [0, 0.05) is 37.0 Å². The van der Waals surface area contributed by atoms with Gasteiger partial charge in [-0.2, -0.15) is 4.98 Å². The summed E-state index contributed by atoms with van der Waals surface area (Å²) in [4.78, 5) is 11.6. The van der Waals surface area contributed by atoms with Gasteiger partial charge in [-0.3, -0.25) is 0 Å². The van der Waals surface area contributed by atoms with Crippen molar-refractivity contribution in [2.24, 2.45) is 0 Å². The Bertz CT molecular complexity index is 761. The Morgan fingerprint density at radius 3 is 2.31 bits per heavy atom. The van der Waals surface area contributed by atoms with Crippen LogP contribution in [-0.2, 0) is 0 Å². The molecule has 2 aromatic rings. The number of aromatic nitrogens is 2. The summed E-state index contributed by atoms with van der Waals surface area (Å²) in [6, 6.07) is 5.46. The van der Waals surface area contributed by atoms with E-state index in [4.69, 9.17) is 26.1 Å². The number of aryl methyl sites for hydroxylation is 1. The van der Waals surface area contributed by atoms with Gasteiger partial charge in [0.15, 0.2) is 0 Å². The lowest BCUT2D eigenvalue weighted by atomic mass is 10.2. The summed E-state index contributed by atoms with van der Waals surface area (Å²) in [6.45, 7) is 3.98. The standard InChI is InChI=1S/C19H25ClN4O2/c1-13-10-18(23-19(21-13)24-8-6-4-5-7-9-24)22-15-12-16(25-2)14(20)11-17(15)26-3/h10-12H,4-9H2,1-3H3,(H,21,22,23). The van der Waals surface area contributed by atoms with Crippen molar-refractivity contribution in [1.29, 1.82) is 0 Å². The van der Waals surface area contributed by atoms with Gasteiger partial charge in [-0.25, -0.2) is 4.98 Å². The molecular weight excluding hydrogens is 352 g/mol. The first-order valence-corrected chi connectivity index (χ1v) is 9.27. The third kappa shape index (κ3) is 4.30. The molecule has 6 nitrogen and oxygen atoms in total. The Labute approximate surface area is 159 Å². The summed E-state index contributed by atoms with van der Waals surface area (Å²) >= 11 is 6.19. The van der Waals surface area contributed by atoms with Gasteiger partial charge >= 0.3 is 0 Å². The average molecular weight is 377 g/mol. The predicted molar refractivity (Wildman–Crippen MR) is 105 cm³/mol. The van der Waals surface area contributed by atoms with Crippen LogP contribution in [0.5, 0.6) is 11.5 Å². The molecule has 0 atom stereocenters. The van der Waals surface area contributed by atoms with Gasteiger partial charge in [-0.05, 0) is 19.8 Å². The fourth-order valence-corrected chi connectivity index (χ4v) is 3.36. The molecule has 1 aliphatic rings. The Kier molecular flexibility index (Phi) is 6.04. The monoisotopic (exact) mass is 376 g/mol. The smallest absolute Gasteiger partial charge is 0.227 e. The van der Waals surface area contributed by atoms with Crippen LogP contribution >= 0.6 is 11.6 Å². The first-order chi connectivity index (χ1) is 12.6. The first-order valence-electron chi connectivity index (χ1n) is 8.90. The predicted octanol–water partition coefficient (Wildman–Crippen LogP) is 4.58. The number of methoxy groups -OCH3 is 2. The molecule has 26 heavy (non-hydrogen) atoms. The Hall–Kier alpha value is -2.21. The van der Waals surface area contributed by atoms with Gasteiger partial charge < -0.3 is 19.7 Å². The largest absolute Gasteiger partial charge is 0.495 e. The molecule has 0 aliphatic carbocycles. The van der Waals surface area contributed by atoms with Crippen LogP contribution < -0.4 is 19.7 Å². The van der Waals surface area contributed by atoms with E-state index in [1.807, 2.05) is 19.1 Å². The maximum Gasteiger partial charge on any atom is 0.227 e. The number of benzene rings is 1. The fraction of sp³-hybridized carbons (Fsp3) is 0.474. The van der Waals surface area contributed by atoms with Gasteiger partial charge in [-0.15, -0.1) is 0 Å². The van der Waals surface area contributed by atoms with Crippen molar-refractivity contribution in [3.05, 3.63) is 28.9 Å². The molecule has 0 saturated carbocycles. The van der Waals surface area contributed by atoms with Gasteiger partial charge in [0.25, 0.3) is 0 Å². The second kappa shape index (κ2) is 8.45. The van der Waals surface area contributed by atoms with Crippen LogP contribution in [0, 0.1) is 6.92 Å².